The molecule has 1 N–H and O–H groups in total. The second-order valence-electron chi connectivity index (χ2n) is 5.92. The quantitative estimate of drug-likeness (QED) is 0.758. The maximum Gasteiger partial charge on any atom is 0.329 e. The normalized spacial score (nSPS) is 23.8. The number of hydrogen-bond acceptors (Lipinski definition) is 3. The molecule has 1 saturated heterocycles. The SMILES string of the molecule is CC(C)(C(=O)O)N1C(=O)CC2(CCCCC2)C1=O. The van der Waals surface area contributed by atoms with Gasteiger partial charge in [-0.15, -0.1) is 0 Å². The van der Waals surface area contributed by atoms with Crippen LogP contribution in [0.2, 0.25) is 0 Å². The van der Waals surface area contributed by atoms with Crippen molar-refractivity contribution in [1.29, 1.82) is 0 Å². The van der Waals surface area contributed by atoms with Gasteiger partial charge >= 0.3 is 5.97 Å². The van der Waals surface area contributed by atoms with Crippen molar-refractivity contribution < 1.29 is 19.5 Å². The molecule has 18 heavy (non-hydrogen) atoms. The van der Waals surface area contributed by atoms with E-state index in [4.69, 9.17) is 0 Å². The van der Waals surface area contributed by atoms with Crippen LogP contribution in [0.15, 0.2) is 0 Å². The minimum absolute atomic E-state index is 0.183. The molecule has 0 aromatic carbocycles. The summed E-state index contributed by atoms with van der Waals surface area (Å²) in [5.41, 5.74) is -2.06. The van der Waals surface area contributed by atoms with Gasteiger partial charge in [0.1, 0.15) is 5.54 Å². The fourth-order valence-electron chi connectivity index (χ4n) is 3.08. The Labute approximate surface area is 106 Å². The number of carboxylic acid groups (broad SMARTS) is 1. The molecule has 2 aliphatic rings. The molecule has 2 amide bonds. The third-order valence-electron chi connectivity index (χ3n) is 4.29. The number of imide groups is 1. The van der Waals surface area contributed by atoms with Gasteiger partial charge in [-0.1, -0.05) is 19.3 Å². The van der Waals surface area contributed by atoms with Crippen LogP contribution in [0.5, 0.6) is 0 Å². The van der Waals surface area contributed by atoms with Gasteiger partial charge in [-0.25, -0.2) is 4.79 Å². The van der Waals surface area contributed by atoms with Crippen molar-refractivity contribution in [3.8, 4) is 0 Å². The zero-order chi connectivity index (χ0) is 13.6. The summed E-state index contributed by atoms with van der Waals surface area (Å²) in [6.07, 6.45) is 4.59. The van der Waals surface area contributed by atoms with Crippen molar-refractivity contribution in [1.82, 2.24) is 4.90 Å². The number of carbonyl (C=O) groups is 3. The van der Waals surface area contributed by atoms with E-state index in [9.17, 15) is 19.5 Å². The van der Waals surface area contributed by atoms with Crippen LogP contribution in [0.3, 0.4) is 0 Å². The zero-order valence-corrected chi connectivity index (χ0v) is 10.9. The standard InChI is InChI=1S/C13H19NO4/c1-12(2,11(17)18)14-9(15)8-13(10(14)16)6-4-3-5-7-13/h3-8H2,1-2H3,(H,17,18). The van der Waals surface area contributed by atoms with Crippen molar-refractivity contribution in [2.24, 2.45) is 5.41 Å². The molecule has 1 aliphatic carbocycles. The number of hydrogen-bond donors (Lipinski definition) is 1. The van der Waals surface area contributed by atoms with Crippen LogP contribution in [0.25, 0.3) is 0 Å². The molecule has 0 aromatic heterocycles. The Bertz CT molecular complexity index is 407. The number of carboxylic acids is 1. The van der Waals surface area contributed by atoms with E-state index in [1.165, 1.54) is 13.8 Å². The molecular weight excluding hydrogens is 234 g/mol. The highest BCUT2D eigenvalue weighted by Crippen LogP contribution is 2.47. The molecule has 0 atom stereocenters. The fraction of sp³-hybridized carbons (Fsp3) is 0.769. The molecule has 1 spiro atoms. The first kappa shape index (κ1) is 13.1. The highest BCUT2D eigenvalue weighted by molar-refractivity contribution is 6.09. The van der Waals surface area contributed by atoms with Gasteiger partial charge in [0.25, 0.3) is 0 Å². The molecule has 1 saturated carbocycles. The number of likely N-dealkylation sites (tertiary alicyclic amines) is 1. The van der Waals surface area contributed by atoms with Crippen molar-refractivity contribution in [3.63, 3.8) is 0 Å². The lowest BCUT2D eigenvalue weighted by Gasteiger charge is -2.34. The maximum atomic E-state index is 12.5. The molecule has 0 radical (unpaired) electrons. The van der Waals surface area contributed by atoms with Gasteiger partial charge in [-0.2, -0.15) is 0 Å². The Kier molecular flexibility index (Phi) is 2.95. The number of carbonyl (C=O) groups excluding carboxylic acids is 2. The van der Waals surface area contributed by atoms with Crippen LogP contribution >= 0.6 is 0 Å². The van der Waals surface area contributed by atoms with Gasteiger partial charge in [0.15, 0.2) is 0 Å². The molecule has 5 heteroatoms. The summed E-state index contributed by atoms with van der Waals surface area (Å²) in [5, 5.41) is 9.18. The van der Waals surface area contributed by atoms with Crippen molar-refractivity contribution in [2.45, 2.75) is 57.9 Å². The highest BCUT2D eigenvalue weighted by atomic mass is 16.4. The lowest BCUT2D eigenvalue weighted by atomic mass is 9.73. The third kappa shape index (κ3) is 1.72. The molecule has 0 aromatic rings. The Morgan fingerprint density at radius 1 is 1.22 bits per heavy atom. The first-order valence-electron chi connectivity index (χ1n) is 6.42. The van der Waals surface area contributed by atoms with Crippen LogP contribution in [0, 0.1) is 5.41 Å². The van der Waals surface area contributed by atoms with E-state index in [1.54, 1.807) is 0 Å². The van der Waals surface area contributed by atoms with Crippen LogP contribution < -0.4 is 0 Å². The predicted molar refractivity (Wildman–Crippen MR) is 63.7 cm³/mol. The van der Waals surface area contributed by atoms with E-state index in [-0.39, 0.29) is 18.2 Å². The van der Waals surface area contributed by atoms with E-state index < -0.39 is 16.9 Å². The molecule has 0 unspecified atom stereocenters. The third-order valence-corrected chi connectivity index (χ3v) is 4.29. The second kappa shape index (κ2) is 4.07. The molecule has 1 heterocycles. The summed E-state index contributed by atoms with van der Waals surface area (Å²) in [4.78, 5) is 36.7. The summed E-state index contributed by atoms with van der Waals surface area (Å²) < 4.78 is 0. The lowest BCUT2D eigenvalue weighted by Crippen LogP contribution is -2.54. The average molecular weight is 253 g/mol. The molecule has 100 valence electrons. The van der Waals surface area contributed by atoms with Crippen LogP contribution in [-0.4, -0.2) is 33.3 Å². The van der Waals surface area contributed by atoms with Crippen molar-refractivity contribution in [3.05, 3.63) is 0 Å². The largest absolute Gasteiger partial charge is 0.480 e. The number of aliphatic carboxylic acids is 1. The van der Waals surface area contributed by atoms with E-state index in [1.807, 2.05) is 0 Å². The summed E-state index contributed by atoms with van der Waals surface area (Å²) in [7, 11) is 0. The Balaban J connectivity index is 2.32. The minimum Gasteiger partial charge on any atom is -0.480 e. The molecule has 2 rings (SSSR count). The number of rotatable bonds is 2. The van der Waals surface area contributed by atoms with E-state index >= 15 is 0 Å². The molecule has 0 bridgehead atoms. The first-order chi connectivity index (χ1) is 8.31. The summed E-state index contributed by atoms with van der Waals surface area (Å²) in [6, 6.07) is 0. The number of amides is 2. The van der Waals surface area contributed by atoms with Crippen molar-refractivity contribution >= 4 is 17.8 Å². The topological polar surface area (TPSA) is 74.7 Å². The van der Waals surface area contributed by atoms with Crippen LogP contribution in [0.4, 0.5) is 0 Å². The maximum absolute atomic E-state index is 12.5. The molecular formula is C13H19NO4. The Morgan fingerprint density at radius 3 is 2.28 bits per heavy atom. The first-order valence-corrected chi connectivity index (χ1v) is 6.42. The highest BCUT2D eigenvalue weighted by Gasteiger charge is 2.57. The van der Waals surface area contributed by atoms with E-state index in [2.05, 4.69) is 0 Å². The smallest absolute Gasteiger partial charge is 0.329 e. The number of nitrogens with zero attached hydrogens (tertiary/aromatic N) is 1. The fourth-order valence-corrected chi connectivity index (χ4v) is 3.08. The molecule has 1 aliphatic heterocycles. The molecule has 2 fully saturated rings. The summed E-state index contributed by atoms with van der Waals surface area (Å²) in [6.45, 7) is 2.82. The van der Waals surface area contributed by atoms with Crippen LogP contribution in [-0.2, 0) is 14.4 Å². The van der Waals surface area contributed by atoms with E-state index in [0.29, 0.717) is 12.8 Å². The summed E-state index contributed by atoms with van der Waals surface area (Å²) in [5.74, 6) is -1.76. The zero-order valence-electron chi connectivity index (χ0n) is 10.9. The average Bonchev–Trinajstić information content (AvgIpc) is 2.51. The second-order valence-corrected chi connectivity index (χ2v) is 5.92. The predicted octanol–water partition coefficient (Wildman–Crippen LogP) is 1.56. The summed E-state index contributed by atoms with van der Waals surface area (Å²) >= 11 is 0. The van der Waals surface area contributed by atoms with Gasteiger partial charge in [0.2, 0.25) is 11.8 Å². The Hall–Kier alpha value is -1.39. The Morgan fingerprint density at radius 2 is 1.78 bits per heavy atom. The van der Waals surface area contributed by atoms with Gasteiger partial charge in [0.05, 0.1) is 5.41 Å². The monoisotopic (exact) mass is 253 g/mol. The van der Waals surface area contributed by atoms with Crippen LogP contribution in [0.1, 0.15) is 52.4 Å². The van der Waals surface area contributed by atoms with Gasteiger partial charge in [0, 0.05) is 6.42 Å². The van der Waals surface area contributed by atoms with Gasteiger partial charge < -0.3 is 5.11 Å². The molecule has 5 nitrogen and oxygen atoms in total. The lowest BCUT2D eigenvalue weighted by molar-refractivity contribution is -0.162. The van der Waals surface area contributed by atoms with Gasteiger partial charge in [-0.05, 0) is 26.7 Å². The van der Waals surface area contributed by atoms with E-state index in [0.717, 1.165) is 24.2 Å². The van der Waals surface area contributed by atoms with Gasteiger partial charge in [-0.3, -0.25) is 14.5 Å². The van der Waals surface area contributed by atoms with Crippen molar-refractivity contribution in [2.75, 3.05) is 0 Å². The minimum atomic E-state index is -1.45.